The van der Waals surface area contributed by atoms with Crippen molar-refractivity contribution in [2.75, 3.05) is 0 Å². The second kappa shape index (κ2) is 2.30. The van der Waals surface area contributed by atoms with Crippen molar-refractivity contribution in [2.24, 2.45) is 0 Å². The van der Waals surface area contributed by atoms with E-state index in [2.05, 4.69) is 4.98 Å². The second-order valence-electron chi connectivity index (χ2n) is 2.32. The Hall–Kier alpha value is -1.91. The lowest BCUT2D eigenvalue weighted by Gasteiger charge is -1.89. The first-order valence-electron chi connectivity index (χ1n) is 3.35. The SMILES string of the molecule is O=[N+]([O-])c1ncn2ccccc12. The zero-order chi connectivity index (χ0) is 8.55. The molecule has 0 bridgehead atoms. The van der Waals surface area contributed by atoms with Crippen LogP contribution in [0, 0.1) is 10.1 Å². The van der Waals surface area contributed by atoms with Crippen LogP contribution in [-0.4, -0.2) is 14.3 Å². The van der Waals surface area contributed by atoms with Gasteiger partial charge in [-0.25, -0.2) is 0 Å². The minimum Gasteiger partial charge on any atom is -0.358 e. The van der Waals surface area contributed by atoms with E-state index in [9.17, 15) is 10.1 Å². The molecular weight excluding hydrogens is 158 g/mol. The maximum absolute atomic E-state index is 10.4. The number of pyridine rings is 1. The summed E-state index contributed by atoms with van der Waals surface area (Å²) in [5, 5.41) is 10.4. The molecule has 5 nitrogen and oxygen atoms in total. The molecule has 0 saturated carbocycles. The first-order valence-corrected chi connectivity index (χ1v) is 3.35. The van der Waals surface area contributed by atoms with Crippen LogP contribution < -0.4 is 0 Å². The molecule has 0 saturated heterocycles. The second-order valence-corrected chi connectivity index (χ2v) is 2.32. The Morgan fingerprint density at radius 1 is 1.50 bits per heavy atom. The van der Waals surface area contributed by atoms with Crippen LogP contribution in [0.15, 0.2) is 30.7 Å². The summed E-state index contributed by atoms with van der Waals surface area (Å²) in [6.07, 6.45) is 3.14. The van der Waals surface area contributed by atoms with E-state index < -0.39 is 4.92 Å². The number of fused-ring (bicyclic) bond motifs is 1. The number of imidazole rings is 1. The van der Waals surface area contributed by atoms with Gasteiger partial charge in [0.25, 0.3) is 0 Å². The molecule has 0 atom stereocenters. The third kappa shape index (κ3) is 0.833. The third-order valence-electron chi connectivity index (χ3n) is 1.60. The number of nitrogens with zero attached hydrogens (tertiary/aromatic N) is 3. The molecule has 0 aliphatic carbocycles. The molecule has 2 heterocycles. The Kier molecular flexibility index (Phi) is 1.30. The highest BCUT2D eigenvalue weighted by Crippen LogP contribution is 2.15. The lowest BCUT2D eigenvalue weighted by molar-refractivity contribution is -0.387. The molecule has 0 spiro atoms. The molecule has 0 N–H and O–H groups in total. The fourth-order valence-electron chi connectivity index (χ4n) is 1.07. The van der Waals surface area contributed by atoms with Gasteiger partial charge in [-0.05, 0) is 22.0 Å². The Morgan fingerprint density at radius 2 is 2.33 bits per heavy atom. The molecule has 12 heavy (non-hydrogen) atoms. The van der Waals surface area contributed by atoms with Crippen molar-refractivity contribution < 1.29 is 4.92 Å². The van der Waals surface area contributed by atoms with Crippen molar-refractivity contribution in [3.05, 3.63) is 40.8 Å². The summed E-state index contributed by atoms with van der Waals surface area (Å²) in [6.45, 7) is 0. The Balaban J connectivity index is 2.79. The van der Waals surface area contributed by atoms with Gasteiger partial charge in [-0.1, -0.05) is 6.07 Å². The molecule has 0 amide bonds. The van der Waals surface area contributed by atoms with E-state index in [0.29, 0.717) is 5.52 Å². The van der Waals surface area contributed by atoms with Crippen LogP contribution in [-0.2, 0) is 0 Å². The molecule has 0 unspecified atom stereocenters. The molecule has 5 heteroatoms. The molecule has 0 aromatic carbocycles. The lowest BCUT2D eigenvalue weighted by Crippen LogP contribution is -1.88. The monoisotopic (exact) mass is 163 g/mol. The first kappa shape index (κ1) is 6.78. The molecule has 0 fully saturated rings. The van der Waals surface area contributed by atoms with E-state index in [1.54, 1.807) is 28.8 Å². The minimum absolute atomic E-state index is 0.101. The van der Waals surface area contributed by atoms with E-state index in [1.165, 1.54) is 6.33 Å². The average Bonchev–Trinajstić information content (AvgIpc) is 2.47. The molecule has 0 aliphatic heterocycles. The number of aromatic nitrogens is 2. The minimum atomic E-state index is -0.491. The predicted octanol–water partition coefficient (Wildman–Crippen LogP) is 1.24. The smallest absolute Gasteiger partial charge is 0.358 e. The molecule has 60 valence electrons. The molecule has 0 radical (unpaired) electrons. The van der Waals surface area contributed by atoms with E-state index >= 15 is 0 Å². The normalized spacial score (nSPS) is 10.3. The molecule has 2 aromatic heterocycles. The van der Waals surface area contributed by atoms with Crippen LogP contribution >= 0.6 is 0 Å². The fourth-order valence-corrected chi connectivity index (χ4v) is 1.07. The van der Waals surface area contributed by atoms with E-state index in [4.69, 9.17) is 0 Å². The van der Waals surface area contributed by atoms with Gasteiger partial charge in [-0.2, -0.15) is 0 Å². The van der Waals surface area contributed by atoms with Gasteiger partial charge in [0.05, 0.1) is 0 Å². The highest BCUT2D eigenvalue weighted by Gasteiger charge is 2.13. The van der Waals surface area contributed by atoms with Gasteiger partial charge >= 0.3 is 5.82 Å². The number of nitro groups is 1. The van der Waals surface area contributed by atoms with E-state index in [0.717, 1.165) is 0 Å². The van der Waals surface area contributed by atoms with Crippen molar-refractivity contribution in [3.63, 3.8) is 0 Å². The van der Waals surface area contributed by atoms with Gasteiger partial charge in [-0.3, -0.25) is 4.40 Å². The predicted molar refractivity (Wildman–Crippen MR) is 41.8 cm³/mol. The topological polar surface area (TPSA) is 60.4 Å². The van der Waals surface area contributed by atoms with Gasteiger partial charge in [0.1, 0.15) is 5.52 Å². The van der Waals surface area contributed by atoms with Crippen LogP contribution in [0.3, 0.4) is 0 Å². The van der Waals surface area contributed by atoms with Crippen molar-refractivity contribution in [2.45, 2.75) is 0 Å². The van der Waals surface area contributed by atoms with Crippen molar-refractivity contribution >= 4 is 11.3 Å². The summed E-state index contributed by atoms with van der Waals surface area (Å²) in [5.41, 5.74) is 0.516. The van der Waals surface area contributed by atoms with Crippen LogP contribution in [0.4, 0.5) is 5.82 Å². The maximum atomic E-state index is 10.4. The highest BCUT2D eigenvalue weighted by atomic mass is 16.6. The molecule has 2 rings (SSSR count). The van der Waals surface area contributed by atoms with Crippen LogP contribution in [0.5, 0.6) is 0 Å². The third-order valence-corrected chi connectivity index (χ3v) is 1.60. The van der Waals surface area contributed by atoms with Crippen LogP contribution in [0.1, 0.15) is 0 Å². The summed E-state index contributed by atoms with van der Waals surface area (Å²) in [6, 6.07) is 5.19. The summed E-state index contributed by atoms with van der Waals surface area (Å²) in [5.74, 6) is -0.101. The average molecular weight is 163 g/mol. The first-order chi connectivity index (χ1) is 5.79. The quantitative estimate of drug-likeness (QED) is 0.469. The largest absolute Gasteiger partial charge is 0.389 e. The van der Waals surface area contributed by atoms with Crippen molar-refractivity contribution in [1.29, 1.82) is 0 Å². The Bertz CT molecular complexity index is 435. The Labute approximate surface area is 67.4 Å². The molecule has 2 aromatic rings. The summed E-state index contributed by atoms with van der Waals surface area (Å²) in [4.78, 5) is 13.6. The lowest BCUT2D eigenvalue weighted by atomic mass is 10.4. The zero-order valence-corrected chi connectivity index (χ0v) is 6.04. The van der Waals surface area contributed by atoms with Crippen LogP contribution in [0.25, 0.3) is 5.52 Å². The van der Waals surface area contributed by atoms with E-state index in [-0.39, 0.29) is 5.82 Å². The summed E-state index contributed by atoms with van der Waals surface area (Å²) in [7, 11) is 0. The van der Waals surface area contributed by atoms with Crippen molar-refractivity contribution in [3.8, 4) is 0 Å². The zero-order valence-electron chi connectivity index (χ0n) is 6.04. The van der Waals surface area contributed by atoms with Gasteiger partial charge < -0.3 is 10.1 Å². The standard InChI is InChI=1S/C7H5N3O2/c11-10(12)7-6-3-1-2-4-9(6)5-8-7/h1-5H. The Morgan fingerprint density at radius 3 is 3.08 bits per heavy atom. The fraction of sp³-hybridized carbons (Fsp3) is 0. The summed E-state index contributed by atoms with van der Waals surface area (Å²) < 4.78 is 1.61. The number of rotatable bonds is 1. The van der Waals surface area contributed by atoms with E-state index in [1.807, 2.05) is 0 Å². The number of hydrogen-bond donors (Lipinski definition) is 0. The van der Waals surface area contributed by atoms with Gasteiger partial charge in [0.15, 0.2) is 0 Å². The van der Waals surface area contributed by atoms with Gasteiger partial charge in [0, 0.05) is 6.20 Å². The highest BCUT2D eigenvalue weighted by molar-refractivity contribution is 5.60. The van der Waals surface area contributed by atoms with Crippen LogP contribution in [0.2, 0.25) is 0 Å². The number of hydrogen-bond acceptors (Lipinski definition) is 3. The molecule has 0 aliphatic rings. The summed E-state index contributed by atoms with van der Waals surface area (Å²) >= 11 is 0. The maximum Gasteiger partial charge on any atom is 0.389 e. The van der Waals surface area contributed by atoms with Gasteiger partial charge in [0.2, 0.25) is 6.33 Å². The van der Waals surface area contributed by atoms with Crippen molar-refractivity contribution in [1.82, 2.24) is 9.38 Å². The molecular formula is C7H5N3O2. The van der Waals surface area contributed by atoms with Gasteiger partial charge in [-0.15, -0.1) is 0 Å².